The van der Waals surface area contributed by atoms with Crippen molar-refractivity contribution in [3.63, 3.8) is 0 Å². The van der Waals surface area contributed by atoms with Gasteiger partial charge in [-0.15, -0.1) is 5.10 Å². The molecule has 2 heterocycles. The number of carbonyl (C=O) groups is 2. The van der Waals surface area contributed by atoms with Crippen LogP contribution in [0.15, 0.2) is 72.0 Å². The van der Waals surface area contributed by atoms with Crippen LogP contribution in [-0.2, 0) is 6.42 Å². The molecule has 1 atom stereocenters. The van der Waals surface area contributed by atoms with Crippen LogP contribution in [0.5, 0.6) is 0 Å². The van der Waals surface area contributed by atoms with E-state index < -0.39 is 0 Å². The van der Waals surface area contributed by atoms with Crippen LogP contribution in [0.1, 0.15) is 44.3 Å². The first kappa shape index (κ1) is 18.7. The second-order valence-corrected chi connectivity index (χ2v) is 8.20. The fraction of sp³-hybridized carbons (Fsp3) is 0.174. The van der Waals surface area contributed by atoms with Gasteiger partial charge in [-0.25, -0.2) is 9.50 Å². The van der Waals surface area contributed by atoms with E-state index in [0.29, 0.717) is 34.9 Å². The molecule has 0 saturated carbocycles. The quantitative estimate of drug-likeness (QED) is 0.363. The van der Waals surface area contributed by atoms with Crippen molar-refractivity contribution < 1.29 is 9.59 Å². The first-order valence-corrected chi connectivity index (χ1v) is 10.7. The van der Waals surface area contributed by atoms with Gasteiger partial charge in [0.25, 0.3) is 5.78 Å². The second kappa shape index (κ2) is 7.84. The van der Waals surface area contributed by atoms with Crippen molar-refractivity contribution in [1.29, 1.82) is 0 Å². The Morgan fingerprint density at radius 2 is 1.73 bits per heavy atom. The Balaban J connectivity index is 1.37. The van der Waals surface area contributed by atoms with E-state index >= 15 is 0 Å². The number of nitrogens with zero attached hydrogens (tertiary/aromatic N) is 4. The summed E-state index contributed by atoms with van der Waals surface area (Å²) >= 11 is 1.27. The summed E-state index contributed by atoms with van der Waals surface area (Å²) in [5, 5.41) is 4.87. The largest absolute Gasteiger partial charge is 0.294 e. The molecule has 0 amide bonds. The molecule has 1 aliphatic rings. The molecule has 2 aromatic carbocycles. The third-order valence-corrected chi connectivity index (χ3v) is 6.10. The number of benzene rings is 2. The van der Waals surface area contributed by atoms with E-state index in [1.54, 1.807) is 18.3 Å². The molecule has 0 saturated heterocycles. The lowest BCUT2D eigenvalue weighted by molar-refractivity contribution is 0.0961. The Kier molecular flexibility index (Phi) is 4.88. The molecule has 5 rings (SSSR count). The van der Waals surface area contributed by atoms with E-state index in [4.69, 9.17) is 0 Å². The molecule has 4 aromatic rings. The first-order valence-electron chi connectivity index (χ1n) is 9.73. The maximum absolute atomic E-state index is 12.7. The van der Waals surface area contributed by atoms with Gasteiger partial charge >= 0.3 is 0 Å². The van der Waals surface area contributed by atoms with E-state index in [1.807, 2.05) is 36.4 Å². The SMILES string of the molecule is O=C(CSc1nc2nc3c(cn2n1)C(=O)C[C@@H](c1ccccc1)C3)c1ccccc1. The maximum Gasteiger partial charge on any atom is 0.253 e. The molecule has 0 fully saturated rings. The zero-order valence-electron chi connectivity index (χ0n) is 16.1. The highest BCUT2D eigenvalue weighted by atomic mass is 32.2. The van der Waals surface area contributed by atoms with Crippen molar-refractivity contribution in [2.75, 3.05) is 5.75 Å². The lowest BCUT2D eigenvalue weighted by Gasteiger charge is -2.22. The number of Topliss-reactive ketones (excluding diaryl/α,β-unsaturated/α-hetero) is 2. The first-order chi connectivity index (χ1) is 14.7. The fourth-order valence-corrected chi connectivity index (χ4v) is 4.44. The number of hydrogen-bond donors (Lipinski definition) is 0. The van der Waals surface area contributed by atoms with Crippen molar-refractivity contribution in [2.45, 2.75) is 23.9 Å². The standard InChI is InChI=1S/C23H18N4O2S/c28-20-12-17(15-7-3-1-4-8-15)11-19-18(20)13-27-22(24-19)25-23(26-27)30-14-21(29)16-9-5-2-6-10-16/h1-10,13,17H,11-12,14H2/t17-/m0/s1. The van der Waals surface area contributed by atoms with Crippen LogP contribution in [-0.4, -0.2) is 36.9 Å². The number of fused-ring (bicyclic) bond motifs is 2. The predicted molar refractivity (Wildman–Crippen MR) is 114 cm³/mol. The number of carbonyl (C=O) groups excluding carboxylic acids is 2. The van der Waals surface area contributed by atoms with Gasteiger partial charge in [-0.1, -0.05) is 72.4 Å². The van der Waals surface area contributed by atoms with Crippen LogP contribution in [0.2, 0.25) is 0 Å². The molecule has 0 spiro atoms. The highest BCUT2D eigenvalue weighted by Crippen LogP contribution is 2.32. The predicted octanol–water partition coefficient (Wildman–Crippen LogP) is 4.01. The smallest absolute Gasteiger partial charge is 0.253 e. The van der Waals surface area contributed by atoms with Crippen LogP contribution < -0.4 is 0 Å². The van der Waals surface area contributed by atoms with Crippen LogP contribution in [0.25, 0.3) is 5.78 Å². The Morgan fingerprint density at radius 1 is 1.00 bits per heavy atom. The number of ketones is 2. The molecule has 0 aliphatic heterocycles. The van der Waals surface area contributed by atoms with Gasteiger partial charge in [-0.3, -0.25) is 9.59 Å². The average molecular weight is 414 g/mol. The molecular formula is C23H18N4O2S. The molecular weight excluding hydrogens is 396 g/mol. The van der Waals surface area contributed by atoms with Crippen molar-refractivity contribution >= 4 is 29.1 Å². The minimum atomic E-state index is 0.0209. The molecule has 7 heteroatoms. The Morgan fingerprint density at radius 3 is 2.50 bits per heavy atom. The monoisotopic (exact) mass is 414 g/mol. The van der Waals surface area contributed by atoms with Crippen molar-refractivity contribution in [3.8, 4) is 0 Å². The Labute approximate surface area is 177 Å². The van der Waals surface area contributed by atoms with Gasteiger partial charge in [0.2, 0.25) is 5.16 Å². The molecule has 0 radical (unpaired) electrons. The maximum atomic E-state index is 12.7. The van der Waals surface area contributed by atoms with Crippen molar-refractivity contribution in [1.82, 2.24) is 19.6 Å². The van der Waals surface area contributed by atoms with E-state index in [1.165, 1.54) is 16.3 Å². The number of rotatable bonds is 5. The van der Waals surface area contributed by atoms with E-state index in [9.17, 15) is 9.59 Å². The molecule has 2 aromatic heterocycles. The number of aromatic nitrogens is 4. The molecule has 30 heavy (non-hydrogen) atoms. The minimum absolute atomic E-state index is 0.0209. The fourth-order valence-electron chi connectivity index (χ4n) is 3.72. The summed E-state index contributed by atoms with van der Waals surface area (Å²) < 4.78 is 1.54. The summed E-state index contributed by atoms with van der Waals surface area (Å²) in [7, 11) is 0. The lowest BCUT2D eigenvalue weighted by atomic mass is 9.82. The summed E-state index contributed by atoms with van der Waals surface area (Å²) in [6.07, 6.45) is 2.88. The Hall–Kier alpha value is -3.32. The van der Waals surface area contributed by atoms with Crippen molar-refractivity contribution in [2.24, 2.45) is 0 Å². The minimum Gasteiger partial charge on any atom is -0.294 e. The normalized spacial score (nSPS) is 15.9. The van der Waals surface area contributed by atoms with Crippen LogP contribution >= 0.6 is 11.8 Å². The molecule has 0 bridgehead atoms. The zero-order valence-corrected chi connectivity index (χ0v) is 16.9. The van der Waals surface area contributed by atoms with Gasteiger partial charge in [0, 0.05) is 18.2 Å². The topological polar surface area (TPSA) is 77.2 Å². The highest BCUT2D eigenvalue weighted by molar-refractivity contribution is 7.99. The second-order valence-electron chi connectivity index (χ2n) is 7.26. The third-order valence-electron chi connectivity index (χ3n) is 5.26. The van der Waals surface area contributed by atoms with Gasteiger partial charge in [-0.2, -0.15) is 4.98 Å². The summed E-state index contributed by atoms with van der Waals surface area (Å²) in [5.74, 6) is 0.915. The number of thioether (sulfide) groups is 1. The van der Waals surface area contributed by atoms with E-state index in [2.05, 4.69) is 27.2 Å². The van der Waals surface area contributed by atoms with Crippen molar-refractivity contribution in [3.05, 3.63) is 89.2 Å². The summed E-state index contributed by atoms with van der Waals surface area (Å²) in [5.41, 5.74) is 3.18. The Bertz CT molecular complexity index is 1240. The van der Waals surface area contributed by atoms with Gasteiger partial charge in [0.05, 0.1) is 17.0 Å². The van der Waals surface area contributed by atoms with E-state index in [0.717, 1.165) is 11.3 Å². The van der Waals surface area contributed by atoms with Gasteiger partial charge in [0.1, 0.15) is 0 Å². The van der Waals surface area contributed by atoms with Crippen LogP contribution in [0.4, 0.5) is 0 Å². The molecule has 0 N–H and O–H groups in total. The molecule has 148 valence electrons. The molecule has 0 unspecified atom stereocenters. The molecule has 1 aliphatic carbocycles. The van der Waals surface area contributed by atoms with Gasteiger partial charge in [0.15, 0.2) is 11.6 Å². The summed E-state index contributed by atoms with van der Waals surface area (Å²) in [6, 6.07) is 19.2. The van der Waals surface area contributed by atoms with Crippen LogP contribution in [0, 0.1) is 0 Å². The third kappa shape index (κ3) is 3.64. The van der Waals surface area contributed by atoms with E-state index in [-0.39, 0.29) is 23.2 Å². The van der Waals surface area contributed by atoms with Gasteiger partial charge in [-0.05, 0) is 17.9 Å². The lowest BCUT2D eigenvalue weighted by Crippen LogP contribution is -2.21. The number of hydrogen-bond acceptors (Lipinski definition) is 6. The zero-order chi connectivity index (χ0) is 20.5. The van der Waals surface area contributed by atoms with Gasteiger partial charge < -0.3 is 0 Å². The van der Waals surface area contributed by atoms with Crippen LogP contribution in [0.3, 0.4) is 0 Å². The summed E-state index contributed by atoms with van der Waals surface area (Å²) in [4.78, 5) is 34.1. The average Bonchev–Trinajstić information content (AvgIpc) is 3.19. The molecule has 6 nitrogen and oxygen atoms in total. The highest BCUT2D eigenvalue weighted by Gasteiger charge is 2.28. The summed E-state index contributed by atoms with van der Waals surface area (Å²) in [6.45, 7) is 0.